The minimum atomic E-state index is 0.115. The van der Waals surface area contributed by atoms with Gasteiger partial charge in [-0.3, -0.25) is 4.79 Å². The molecule has 2 rings (SSSR count). The molecular formula is C18H21NO. The van der Waals surface area contributed by atoms with Gasteiger partial charge in [0.15, 0.2) is 0 Å². The second-order valence-corrected chi connectivity index (χ2v) is 4.93. The van der Waals surface area contributed by atoms with Crippen LogP contribution in [0, 0.1) is 0 Å². The zero-order valence-electron chi connectivity index (χ0n) is 11.9. The van der Waals surface area contributed by atoms with Gasteiger partial charge >= 0.3 is 0 Å². The maximum atomic E-state index is 12.0. The van der Waals surface area contributed by atoms with Crippen molar-refractivity contribution in [3.63, 3.8) is 0 Å². The normalized spacial score (nSPS) is 10.5. The lowest BCUT2D eigenvalue weighted by molar-refractivity contribution is -0.121. The van der Waals surface area contributed by atoms with Crippen LogP contribution < -0.4 is 5.32 Å². The van der Waals surface area contributed by atoms with Gasteiger partial charge in [0.25, 0.3) is 0 Å². The molecule has 0 heterocycles. The van der Waals surface area contributed by atoms with Gasteiger partial charge in [0, 0.05) is 18.9 Å². The molecule has 0 bridgehead atoms. The third-order valence-corrected chi connectivity index (χ3v) is 3.37. The minimum absolute atomic E-state index is 0.115. The van der Waals surface area contributed by atoms with Gasteiger partial charge in [0.1, 0.15) is 0 Å². The molecular weight excluding hydrogens is 246 g/mol. The van der Waals surface area contributed by atoms with Crippen LogP contribution in [0.5, 0.6) is 0 Å². The van der Waals surface area contributed by atoms with Crippen molar-refractivity contribution in [2.24, 2.45) is 0 Å². The predicted octanol–water partition coefficient (Wildman–Crippen LogP) is 3.73. The molecule has 20 heavy (non-hydrogen) atoms. The van der Waals surface area contributed by atoms with Gasteiger partial charge in [-0.25, -0.2) is 0 Å². The molecule has 2 aromatic rings. The molecule has 0 aliphatic rings. The molecule has 0 spiro atoms. The number of hydrogen-bond donors (Lipinski definition) is 1. The molecule has 1 amide bonds. The Hall–Kier alpha value is -2.09. The highest BCUT2D eigenvalue weighted by molar-refractivity contribution is 5.77. The summed E-state index contributed by atoms with van der Waals surface area (Å²) in [6.07, 6.45) is 1.46. The Morgan fingerprint density at radius 3 is 1.90 bits per heavy atom. The Balaban J connectivity index is 2.19. The smallest absolute Gasteiger partial charge is 0.220 e. The average molecular weight is 267 g/mol. The van der Waals surface area contributed by atoms with E-state index in [1.54, 1.807) is 0 Å². The van der Waals surface area contributed by atoms with Crippen LogP contribution >= 0.6 is 0 Å². The number of hydrogen-bond acceptors (Lipinski definition) is 1. The quantitative estimate of drug-likeness (QED) is 0.849. The molecule has 0 aliphatic heterocycles. The van der Waals surface area contributed by atoms with Crippen LogP contribution in [0.25, 0.3) is 0 Å². The fourth-order valence-electron chi connectivity index (χ4n) is 2.32. The minimum Gasteiger partial charge on any atom is -0.356 e. The zero-order valence-corrected chi connectivity index (χ0v) is 11.9. The Bertz CT molecular complexity index is 482. The summed E-state index contributed by atoms with van der Waals surface area (Å²) < 4.78 is 0. The molecule has 2 aromatic carbocycles. The van der Waals surface area contributed by atoms with Crippen molar-refractivity contribution in [2.45, 2.75) is 25.7 Å². The standard InChI is InChI=1S/C18H21NO/c1-2-13-19-18(20)14-17(15-9-5-3-6-10-15)16-11-7-4-8-12-16/h3-12,17H,2,13-14H2,1H3,(H,19,20). The maximum absolute atomic E-state index is 12.0. The van der Waals surface area contributed by atoms with Gasteiger partial charge in [0.2, 0.25) is 5.91 Å². The highest BCUT2D eigenvalue weighted by Gasteiger charge is 2.17. The van der Waals surface area contributed by atoms with E-state index in [1.807, 2.05) is 36.4 Å². The fraction of sp³-hybridized carbons (Fsp3) is 0.278. The third-order valence-electron chi connectivity index (χ3n) is 3.37. The SMILES string of the molecule is CCCNC(=O)CC(c1ccccc1)c1ccccc1. The first-order valence-corrected chi connectivity index (χ1v) is 7.18. The molecule has 0 unspecified atom stereocenters. The molecule has 0 atom stereocenters. The molecule has 1 N–H and O–H groups in total. The van der Waals surface area contributed by atoms with Crippen molar-refractivity contribution in [2.75, 3.05) is 6.54 Å². The Morgan fingerprint density at radius 2 is 1.45 bits per heavy atom. The number of amides is 1. The first kappa shape index (κ1) is 14.3. The van der Waals surface area contributed by atoms with Crippen LogP contribution in [0.4, 0.5) is 0 Å². The topological polar surface area (TPSA) is 29.1 Å². The summed E-state index contributed by atoms with van der Waals surface area (Å²) in [5.41, 5.74) is 2.37. The summed E-state index contributed by atoms with van der Waals surface area (Å²) in [6.45, 7) is 2.81. The number of benzene rings is 2. The van der Waals surface area contributed by atoms with Crippen LogP contribution in [0.1, 0.15) is 36.8 Å². The lowest BCUT2D eigenvalue weighted by Gasteiger charge is -2.17. The monoisotopic (exact) mass is 267 g/mol. The average Bonchev–Trinajstić information content (AvgIpc) is 2.52. The van der Waals surface area contributed by atoms with E-state index in [0.29, 0.717) is 6.42 Å². The fourth-order valence-corrected chi connectivity index (χ4v) is 2.32. The zero-order chi connectivity index (χ0) is 14.2. The Labute approximate surface area is 120 Å². The third kappa shape index (κ3) is 3.95. The van der Waals surface area contributed by atoms with Crippen LogP contribution in [0.3, 0.4) is 0 Å². The van der Waals surface area contributed by atoms with Crippen molar-refractivity contribution >= 4 is 5.91 Å². The summed E-state index contributed by atoms with van der Waals surface area (Å²) in [5.74, 6) is 0.235. The molecule has 0 aliphatic carbocycles. The highest BCUT2D eigenvalue weighted by atomic mass is 16.1. The van der Waals surface area contributed by atoms with E-state index in [2.05, 4.69) is 36.5 Å². The summed E-state index contributed by atoms with van der Waals surface area (Å²) >= 11 is 0. The van der Waals surface area contributed by atoms with E-state index in [-0.39, 0.29) is 11.8 Å². The van der Waals surface area contributed by atoms with Gasteiger partial charge in [0.05, 0.1) is 0 Å². The second kappa shape index (κ2) is 7.49. The largest absolute Gasteiger partial charge is 0.356 e. The molecule has 104 valence electrons. The van der Waals surface area contributed by atoms with Crippen molar-refractivity contribution in [1.29, 1.82) is 0 Å². The first-order chi connectivity index (χ1) is 9.81. The molecule has 0 radical (unpaired) electrons. The van der Waals surface area contributed by atoms with Gasteiger partial charge in [-0.1, -0.05) is 67.6 Å². The Kier molecular flexibility index (Phi) is 5.36. The summed E-state index contributed by atoms with van der Waals surface area (Å²) in [5, 5.41) is 2.96. The van der Waals surface area contributed by atoms with Crippen LogP contribution in [-0.2, 0) is 4.79 Å². The van der Waals surface area contributed by atoms with Gasteiger partial charge in [-0.15, -0.1) is 0 Å². The predicted molar refractivity (Wildman–Crippen MR) is 82.6 cm³/mol. The summed E-state index contributed by atoms with van der Waals surface area (Å²) in [7, 11) is 0. The van der Waals surface area contributed by atoms with E-state index in [0.717, 1.165) is 13.0 Å². The van der Waals surface area contributed by atoms with Crippen molar-refractivity contribution in [3.8, 4) is 0 Å². The molecule has 2 heteroatoms. The van der Waals surface area contributed by atoms with Crippen molar-refractivity contribution in [3.05, 3.63) is 71.8 Å². The van der Waals surface area contributed by atoms with Crippen molar-refractivity contribution in [1.82, 2.24) is 5.32 Å². The van der Waals surface area contributed by atoms with Gasteiger partial charge < -0.3 is 5.32 Å². The number of rotatable bonds is 6. The molecule has 0 saturated heterocycles. The second-order valence-electron chi connectivity index (χ2n) is 4.93. The van der Waals surface area contributed by atoms with Gasteiger partial charge in [-0.2, -0.15) is 0 Å². The molecule has 0 fully saturated rings. The van der Waals surface area contributed by atoms with Crippen LogP contribution in [0.2, 0.25) is 0 Å². The Morgan fingerprint density at radius 1 is 0.950 bits per heavy atom. The summed E-state index contributed by atoms with van der Waals surface area (Å²) in [6, 6.07) is 20.4. The number of carbonyl (C=O) groups is 1. The maximum Gasteiger partial charge on any atom is 0.220 e. The van der Waals surface area contributed by atoms with Crippen LogP contribution in [0.15, 0.2) is 60.7 Å². The molecule has 0 saturated carbocycles. The first-order valence-electron chi connectivity index (χ1n) is 7.18. The lowest BCUT2D eigenvalue weighted by atomic mass is 9.88. The molecule has 0 aromatic heterocycles. The van der Waals surface area contributed by atoms with E-state index < -0.39 is 0 Å². The lowest BCUT2D eigenvalue weighted by Crippen LogP contribution is -2.26. The van der Waals surface area contributed by atoms with E-state index >= 15 is 0 Å². The highest BCUT2D eigenvalue weighted by Crippen LogP contribution is 2.27. The van der Waals surface area contributed by atoms with E-state index in [9.17, 15) is 4.79 Å². The summed E-state index contributed by atoms with van der Waals surface area (Å²) in [4.78, 5) is 12.0. The van der Waals surface area contributed by atoms with E-state index in [4.69, 9.17) is 0 Å². The number of nitrogens with one attached hydrogen (secondary N) is 1. The van der Waals surface area contributed by atoms with Crippen molar-refractivity contribution < 1.29 is 4.79 Å². The molecule has 2 nitrogen and oxygen atoms in total. The van der Waals surface area contributed by atoms with Crippen LogP contribution in [-0.4, -0.2) is 12.5 Å². The van der Waals surface area contributed by atoms with Gasteiger partial charge in [-0.05, 0) is 17.5 Å². The number of carbonyl (C=O) groups excluding carboxylic acids is 1. The van der Waals surface area contributed by atoms with E-state index in [1.165, 1.54) is 11.1 Å².